The fraction of sp³-hybridized carbons (Fsp3) is 0.130. The molecule has 3 rings (SSSR count). The molecular weight excluding hydrogens is 387 g/mol. The molecule has 0 N–H and O–H groups in total. The summed E-state index contributed by atoms with van der Waals surface area (Å²) in [5.41, 5.74) is 2.80. The van der Waals surface area contributed by atoms with Gasteiger partial charge in [0, 0.05) is 0 Å². The first-order chi connectivity index (χ1) is 11.8. The third-order valence-electron chi connectivity index (χ3n) is 3.99. The van der Waals surface area contributed by atoms with Crippen molar-refractivity contribution in [3.63, 3.8) is 0 Å². The van der Waals surface area contributed by atoms with E-state index in [0.717, 1.165) is 6.42 Å². The number of hydrogen-bond acceptors (Lipinski definition) is 0. The standard InChI is InChI=1S/C23H23P.BrH/c1-19(2)17-18-20-11-9-10-16-23(20)24(21-12-5-3-6-13-21)22-14-7-4-8-15-22;/h3-17H,18H2,1-2H3;1H. The highest BCUT2D eigenvalue weighted by atomic mass is 79.9. The smallest absolute Gasteiger partial charge is 0.00884 e. The quantitative estimate of drug-likeness (QED) is 0.383. The van der Waals surface area contributed by atoms with E-state index in [0.29, 0.717) is 0 Å². The zero-order chi connectivity index (χ0) is 16.8. The van der Waals surface area contributed by atoms with E-state index in [2.05, 4.69) is 105 Å². The number of hydrogen-bond donors (Lipinski definition) is 0. The monoisotopic (exact) mass is 410 g/mol. The van der Waals surface area contributed by atoms with Crippen LogP contribution in [0.5, 0.6) is 0 Å². The maximum absolute atomic E-state index is 2.32. The molecule has 0 radical (unpaired) electrons. The van der Waals surface area contributed by atoms with Crippen molar-refractivity contribution < 1.29 is 0 Å². The summed E-state index contributed by atoms with van der Waals surface area (Å²) in [7, 11) is -0.527. The van der Waals surface area contributed by atoms with Crippen LogP contribution in [0.4, 0.5) is 0 Å². The molecule has 3 aromatic rings. The van der Waals surface area contributed by atoms with Crippen LogP contribution < -0.4 is 15.9 Å². The average Bonchev–Trinajstić information content (AvgIpc) is 2.63. The van der Waals surface area contributed by atoms with Gasteiger partial charge < -0.3 is 0 Å². The van der Waals surface area contributed by atoms with Crippen molar-refractivity contribution in [1.29, 1.82) is 0 Å². The summed E-state index contributed by atoms with van der Waals surface area (Å²) < 4.78 is 0. The van der Waals surface area contributed by atoms with Gasteiger partial charge in [0.1, 0.15) is 0 Å². The Balaban J connectivity index is 0.00000225. The van der Waals surface area contributed by atoms with Crippen LogP contribution in [0.25, 0.3) is 0 Å². The van der Waals surface area contributed by atoms with Gasteiger partial charge in [0.25, 0.3) is 0 Å². The molecule has 3 aromatic carbocycles. The first-order valence-corrected chi connectivity index (χ1v) is 9.71. The lowest BCUT2D eigenvalue weighted by atomic mass is 10.1. The summed E-state index contributed by atoms with van der Waals surface area (Å²) in [6.07, 6.45) is 3.32. The van der Waals surface area contributed by atoms with Crippen LogP contribution in [0.3, 0.4) is 0 Å². The minimum atomic E-state index is -0.527. The molecule has 0 saturated heterocycles. The van der Waals surface area contributed by atoms with Gasteiger partial charge in [0.05, 0.1) is 0 Å². The van der Waals surface area contributed by atoms with Gasteiger partial charge in [-0.25, -0.2) is 0 Å². The number of benzene rings is 3. The maximum atomic E-state index is 2.32. The van der Waals surface area contributed by atoms with Gasteiger partial charge in [0.2, 0.25) is 0 Å². The second-order valence-corrected chi connectivity index (χ2v) is 8.31. The first kappa shape index (κ1) is 19.6. The van der Waals surface area contributed by atoms with Gasteiger partial charge >= 0.3 is 0 Å². The molecule has 0 amide bonds. The minimum Gasteiger partial charge on any atom is -0.114 e. The number of allylic oxidation sites excluding steroid dienone is 2. The summed E-state index contributed by atoms with van der Waals surface area (Å²) in [5.74, 6) is 0. The highest BCUT2D eigenvalue weighted by Crippen LogP contribution is 2.34. The molecule has 128 valence electrons. The largest absolute Gasteiger partial charge is 0.114 e. The molecule has 0 heterocycles. The molecule has 0 saturated carbocycles. The van der Waals surface area contributed by atoms with Crippen molar-refractivity contribution >= 4 is 40.8 Å². The second-order valence-electron chi connectivity index (χ2n) is 6.12. The van der Waals surface area contributed by atoms with Crippen LogP contribution in [-0.2, 0) is 6.42 Å². The lowest BCUT2D eigenvalue weighted by Crippen LogP contribution is -2.23. The lowest BCUT2D eigenvalue weighted by molar-refractivity contribution is 1.23. The summed E-state index contributed by atoms with van der Waals surface area (Å²) in [6.45, 7) is 4.33. The Morgan fingerprint density at radius 3 is 1.72 bits per heavy atom. The third-order valence-corrected chi connectivity index (χ3v) is 6.54. The zero-order valence-corrected chi connectivity index (χ0v) is 17.3. The molecule has 25 heavy (non-hydrogen) atoms. The fourth-order valence-electron chi connectivity index (χ4n) is 2.80. The highest BCUT2D eigenvalue weighted by molar-refractivity contribution is 8.93. The molecule has 0 nitrogen and oxygen atoms in total. The van der Waals surface area contributed by atoms with E-state index in [1.807, 2.05) is 0 Å². The van der Waals surface area contributed by atoms with Crippen molar-refractivity contribution in [2.75, 3.05) is 0 Å². The summed E-state index contributed by atoms with van der Waals surface area (Å²) >= 11 is 0. The second kappa shape index (κ2) is 9.70. The summed E-state index contributed by atoms with van der Waals surface area (Å²) in [6, 6.07) is 30.7. The minimum absolute atomic E-state index is 0. The van der Waals surface area contributed by atoms with Crippen molar-refractivity contribution in [1.82, 2.24) is 0 Å². The number of halogens is 1. The summed E-state index contributed by atoms with van der Waals surface area (Å²) in [4.78, 5) is 0. The van der Waals surface area contributed by atoms with Gasteiger partial charge in [-0.2, -0.15) is 0 Å². The summed E-state index contributed by atoms with van der Waals surface area (Å²) in [5, 5.41) is 4.27. The van der Waals surface area contributed by atoms with Gasteiger partial charge in [-0.05, 0) is 49.7 Å². The molecule has 0 aliphatic carbocycles. The van der Waals surface area contributed by atoms with Crippen LogP contribution in [0.1, 0.15) is 19.4 Å². The highest BCUT2D eigenvalue weighted by Gasteiger charge is 2.18. The molecule has 2 heteroatoms. The van der Waals surface area contributed by atoms with Gasteiger partial charge in [-0.3, -0.25) is 0 Å². The third kappa shape index (κ3) is 5.14. The van der Waals surface area contributed by atoms with Crippen LogP contribution >= 0.6 is 24.9 Å². The molecule has 0 spiro atoms. The first-order valence-electron chi connectivity index (χ1n) is 8.37. The molecule has 0 aliphatic heterocycles. The van der Waals surface area contributed by atoms with E-state index in [-0.39, 0.29) is 17.0 Å². The van der Waals surface area contributed by atoms with Crippen molar-refractivity contribution in [3.8, 4) is 0 Å². The van der Waals surface area contributed by atoms with Gasteiger partial charge in [-0.15, -0.1) is 17.0 Å². The predicted molar refractivity (Wildman–Crippen MR) is 119 cm³/mol. The number of rotatable bonds is 5. The molecule has 0 atom stereocenters. The van der Waals surface area contributed by atoms with Crippen LogP contribution in [0.2, 0.25) is 0 Å². The maximum Gasteiger partial charge on any atom is -0.00884 e. The predicted octanol–water partition coefficient (Wildman–Crippen LogP) is 5.53. The van der Waals surface area contributed by atoms with Crippen LogP contribution in [-0.4, -0.2) is 0 Å². The topological polar surface area (TPSA) is 0 Å². The Bertz CT molecular complexity index is 766. The van der Waals surface area contributed by atoms with Crippen LogP contribution in [0.15, 0.2) is 96.6 Å². The lowest BCUT2D eigenvalue weighted by Gasteiger charge is -2.22. The van der Waals surface area contributed by atoms with Gasteiger partial charge in [0.15, 0.2) is 0 Å². The Hall–Kier alpha value is -1.69. The Morgan fingerprint density at radius 1 is 0.720 bits per heavy atom. The van der Waals surface area contributed by atoms with E-state index >= 15 is 0 Å². The van der Waals surface area contributed by atoms with E-state index in [1.165, 1.54) is 27.1 Å². The Morgan fingerprint density at radius 2 is 1.20 bits per heavy atom. The molecule has 0 fully saturated rings. The van der Waals surface area contributed by atoms with E-state index < -0.39 is 7.92 Å². The molecule has 0 bridgehead atoms. The van der Waals surface area contributed by atoms with Crippen LogP contribution in [0, 0.1) is 0 Å². The van der Waals surface area contributed by atoms with E-state index in [1.54, 1.807) is 0 Å². The van der Waals surface area contributed by atoms with Crippen molar-refractivity contribution in [2.24, 2.45) is 0 Å². The van der Waals surface area contributed by atoms with E-state index in [9.17, 15) is 0 Å². The molecular formula is C23H24BrP. The van der Waals surface area contributed by atoms with Crippen molar-refractivity contribution in [2.45, 2.75) is 20.3 Å². The normalized spacial score (nSPS) is 10.2. The van der Waals surface area contributed by atoms with E-state index in [4.69, 9.17) is 0 Å². The van der Waals surface area contributed by atoms with Crippen molar-refractivity contribution in [3.05, 3.63) is 102 Å². The Kier molecular flexibility index (Phi) is 7.62. The average molecular weight is 411 g/mol. The Labute approximate surface area is 163 Å². The molecule has 0 unspecified atom stereocenters. The SMILES string of the molecule is Br.CC(C)=CCc1ccccc1P(c1ccccc1)c1ccccc1. The zero-order valence-electron chi connectivity index (χ0n) is 14.7. The molecule has 0 aliphatic rings. The van der Waals surface area contributed by atoms with Gasteiger partial charge in [-0.1, -0.05) is 96.6 Å². The fourth-order valence-corrected chi connectivity index (χ4v) is 5.28. The molecule has 0 aromatic heterocycles.